The number of pyridine rings is 1. The molecule has 6 rings (SSSR count). The van der Waals surface area contributed by atoms with Crippen molar-refractivity contribution < 1.29 is 9.59 Å². The summed E-state index contributed by atoms with van der Waals surface area (Å²) in [5.74, 6) is 0.880. The van der Waals surface area contributed by atoms with Gasteiger partial charge in [-0.2, -0.15) is 0 Å². The van der Waals surface area contributed by atoms with E-state index in [2.05, 4.69) is 47.9 Å². The lowest BCUT2D eigenvalue weighted by atomic mass is 9.88. The first kappa shape index (κ1) is 28.9. The van der Waals surface area contributed by atoms with Gasteiger partial charge in [-0.05, 0) is 87.4 Å². The number of benzene rings is 1. The Morgan fingerprint density at radius 1 is 0.884 bits per heavy atom. The van der Waals surface area contributed by atoms with Crippen molar-refractivity contribution in [2.75, 3.05) is 41.7 Å². The van der Waals surface area contributed by atoms with Gasteiger partial charge in [0, 0.05) is 37.1 Å². The Morgan fingerprint density at radius 3 is 2.40 bits per heavy atom. The van der Waals surface area contributed by atoms with E-state index in [0.717, 1.165) is 31.1 Å². The van der Waals surface area contributed by atoms with E-state index in [0.29, 0.717) is 29.8 Å². The molecule has 1 saturated carbocycles. The van der Waals surface area contributed by atoms with Crippen LogP contribution in [0.3, 0.4) is 0 Å². The summed E-state index contributed by atoms with van der Waals surface area (Å²) >= 11 is 0. The highest BCUT2D eigenvalue weighted by molar-refractivity contribution is 5.96. The zero-order valence-corrected chi connectivity index (χ0v) is 24.5. The minimum atomic E-state index is -0.641. The van der Waals surface area contributed by atoms with Crippen molar-refractivity contribution in [1.29, 1.82) is 0 Å². The van der Waals surface area contributed by atoms with Crippen molar-refractivity contribution >= 4 is 34.9 Å². The maximum Gasteiger partial charge on any atom is 0.319 e. The molecule has 1 unspecified atom stereocenters. The quantitative estimate of drug-likeness (QED) is 0.301. The van der Waals surface area contributed by atoms with Gasteiger partial charge >= 0.3 is 6.03 Å². The lowest BCUT2D eigenvalue weighted by Gasteiger charge is -2.36. The second kappa shape index (κ2) is 13.4. The van der Waals surface area contributed by atoms with Gasteiger partial charge in [0.15, 0.2) is 11.5 Å². The average molecular weight is 584 g/mol. The van der Waals surface area contributed by atoms with Gasteiger partial charge in [-0.15, -0.1) is 0 Å². The van der Waals surface area contributed by atoms with Crippen LogP contribution in [0.2, 0.25) is 0 Å². The number of piperidine rings is 2. The Bertz CT molecular complexity index is 1390. The molecule has 1 atom stereocenters. The van der Waals surface area contributed by atoms with Gasteiger partial charge in [0.25, 0.3) is 5.91 Å². The number of nitrogens with one attached hydrogen (secondary N) is 3. The second-order valence-corrected chi connectivity index (χ2v) is 11.9. The van der Waals surface area contributed by atoms with Crippen molar-refractivity contribution in [3.05, 3.63) is 66.2 Å². The number of likely N-dealkylation sites (tertiary alicyclic amines) is 1. The number of primary amides is 1. The van der Waals surface area contributed by atoms with Crippen LogP contribution in [-0.2, 0) is 0 Å². The number of hydrogen-bond acceptors (Lipinski definition) is 8. The lowest BCUT2D eigenvalue weighted by molar-refractivity contribution is 0.0996. The third kappa shape index (κ3) is 7.22. The number of urea groups is 1. The van der Waals surface area contributed by atoms with E-state index in [4.69, 9.17) is 10.7 Å². The van der Waals surface area contributed by atoms with Crippen LogP contribution in [0.25, 0.3) is 0 Å². The predicted molar refractivity (Wildman–Crippen MR) is 168 cm³/mol. The van der Waals surface area contributed by atoms with Crippen LogP contribution in [0.1, 0.15) is 73.3 Å². The van der Waals surface area contributed by atoms with Gasteiger partial charge in [0.1, 0.15) is 5.82 Å². The number of nitrogens with zero attached hydrogens (tertiary/aromatic N) is 5. The Morgan fingerprint density at radius 2 is 1.67 bits per heavy atom. The third-order valence-electron chi connectivity index (χ3n) is 9.01. The molecule has 11 nitrogen and oxygen atoms in total. The van der Waals surface area contributed by atoms with E-state index in [1.54, 1.807) is 30.7 Å². The number of aromatic nitrogens is 3. The summed E-state index contributed by atoms with van der Waals surface area (Å²) in [6.45, 7) is 3.70. The largest absolute Gasteiger partial charge is 0.364 e. The number of carbonyl (C=O) groups is 2. The topological polar surface area (TPSA) is 141 Å². The summed E-state index contributed by atoms with van der Waals surface area (Å²) < 4.78 is 0. The molecule has 43 heavy (non-hydrogen) atoms. The molecule has 4 heterocycles. The average Bonchev–Trinajstić information content (AvgIpc) is 3.57. The summed E-state index contributed by atoms with van der Waals surface area (Å²) in [4.78, 5) is 42.7. The summed E-state index contributed by atoms with van der Waals surface area (Å²) in [5, 5.41) is 9.14. The zero-order valence-electron chi connectivity index (χ0n) is 24.5. The number of amides is 3. The molecule has 2 aliphatic heterocycles. The molecule has 0 bridgehead atoms. The molecule has 5 N–H and O–H groups in total. The van der Waals surface area contributed by atoms with E-state index in [1.807, 2.05) is 12.1 Å². The molecular formula is C32H41N9O2. The fourth-order valence-corrected chi connectivity index (χ4v) is 6.73. The van der Waals surface area contributed by atoms with Crippen LogP contribution in [0.4, 0.5) is 27.8 Å². The molecule has 1 aliphatic carbocycles. The monoisotopic (exact) mass is 583 g/mol. The Kier molecular flexibility index (Phi) is 8.97. The summed E-state index contributed by atoms with van der Waals surface area (Å²) in [6, 6.07) is 12.4. The molecule has 2 aromatic heterocycles. The molecule has 1 aromatic carbocycles. The van der Waals surface area contributed by atoms with Gasteiger partial charge < -0.3 is 31.5 Å². The Hall–Kier alpha value is -4.25. The highest BCUT2D eigenvalue weighted by Crippen LogP contribution is 2.33. The third-order valence-corrected chi connectivity index (χ3v) is 9.01. The fraction of sp³-hybridized carbons (Fsp3) is 0.469. The van der Waals surface area contributed by atoms with Crippen molar-refractivity contribution in [1.82, 2.24) is 25.2 Å². The predicted octanol–water partition coefficient (Wildman–Crippen LogP) is 4.63. The maximum absolute atomic E-state index is 12.5. The normalized spacial score (nSPS) is 20.1. The molecule has 226 valence electrons. The van der Waals surface area contributed by atoms with E-state index in [9.17, 15) is 9.59 Å². The summed E-state index contributed by atoms with van der Waals surface area (Å²) in [6.07, 6.45) is 14.4. The van der Waals surface area contributed by atoms with E-state index >= 15 is 0 Å². The number of nitrogens with two attached hydrogens (primary N) is 1. The SMILES string of the molecule is NC(=O)c1ncc(N2CCCC(NC(=O)Nc3cccnc3)C2)nc1Nc1ccc(C2CCN(C3CCCC3)CC2)cc1. The number of anilines is 4. The van der Waals surface area contributed by atoms with Gasteiger partial charge in [-0.1, -0.05) is 25.0 Å². The lowest BCUT2D eigenvalue weighted by Crippen LogP contribution is -2.49. The first-order valence-electron chi connectivity index (χ1n) is 15.5. The molecular weight excluding hydrogens is 542 g/mol. The Labute approximate surface area is 252 Å². The molecule has 3 aliphatic rings. The van der Waals surface area contributed by atoms with E-state index < -0.39 is 5.91 Å². The van der Waals surface area contributed by atoms with Crippen LogP contribution >= 0.6 is 0 Å². The summed E-state index contributed by atoms with van der Waals surface area (Å²) in [7, 11) is 0. The van der Waals surface area contributed by atoms with Gasteiger partial charge in [0.2, 0.25) is 0 Å². The molecule has 2 saturated heterocycles. The van der Waals surface area contributed by atoms with Gasteiger partial charge in [-0.25, -0.2) is 14.8 Å². The second-order valence-electron chi connectivity index (χ2n) is 11.9. The van der Waals surface area contributed by atoms with E-state index in [-0.39, 0.29) is 17.8 Å². The van der Waals surface area contributed by atoms with Crippen LogP contribution in [0.15, 0.2) is 55.0 Å². The standard InChI is InChI=1S/C32H41N9O2/c33-30(42)29-31(36-24-11-9-22(10-12-24)23-13-17-40(18-14-23)27-7-1-2-8-27)39-28(20-35-29)41-16-4-6-26(21-41)38-32(43)37-25-5-3-15-34-19-25/h3,5,9-12,15,19-20,23,26-27H,1-2,4,6-8,13-14,16-18,21H2,(H2,33,42)(H,36,39)(H2,37,38,43). The van der Waals surface area contributed by atoms with Crippen LogP contribution < -0.4 is 26.6 Å². The van der Waals surface area contributed by atoms with Crippen molar-refractivity contribution in [2.24, 2.45) is 5.73 Å². The first-order chi connectivity index (χ1) is 21.0. The molecule has 0 radical (unpaired) electrons. The highest BCUT2D eigenvalue weighted by atomic mass is 16.2. The van der Waals surface area contributed by atoms with Crippen LogP contribution in [-0.4, -0.2) is 70.1 Å². The number of rotatable bonds is 8. The maximum atomic E-state index is 12.5. The molecule has 0 spiro atoms. The smallest absolute Gasteiger partial charge is 0.319 e. The number of carbonyl (C=O) groups excluding carboxylic acids is 2. The zero-order chi connectivity index (χ0) is 29.6. The minimum Gasteiger partial charge on any atom is -0.364 e. The van der Waals surface area contributed by atoms with Crippen LogP contribution in [0, 0.1) is 0 Å². The Balaban J connectivity index is 1.08. The van der Waals surface area contributed by atoms with Crippen LogP contribution in [0.5, 0.6) is 0 Å². The molecule has 3 aromatic rings. The van der Waals surface area contributed by atoms with Gasteiger partial charge in [0.05, 0.1) is 18.1 Å². The molecule has 3 amide bonds. The van der Waals surface area contributed by atoms with Crippen molar-refractivity contribution in [2.45, 2.75) is 69.4 Å². The van der Waals surface area contributed by atoms with E-state index in [1.165, 1.54) is 57.2 Å². The fourth-order valence-electron chi connectivity index (χ4n) is 6.73. The van der Waals surface area contributed by atoms with Gasteiger partial charge in [-0.3, -0.25) is 9.78 Å². The first-order valence-corrected chi connectivity index (χ1v) is 15.5. The van der Waals surface area contributed by atoms with Crippen molar-refractivity contribution in [3.8, 4) is 0 Å². The molecule has 11 heteroatoms. The number of hydrogen-bond donors (Lipinski definition) is 4. The minimum absolute atomic E-state index is 0.0722. The highest BCUT2D eigenvalue weighted by Gasteiger charge is 2.28. The van der Waals surface area contributed by atoms with Crippen molar-refractivity contribution in [3.63, 3.8) is 0 Å². The summed E-state index contributed by atoms with van der Waals surface area (Å²) in [5.41, 5.74) is 8.56. The molecule has 3 fully saturated rings.